The van der Waals surface area contributed by atoms with Crippen molar-refractivity contribution in [2.45, 2.75) is 64.1 Å². The molecule has 3 heterocycles. The zero-order valence-corrected chi connectivity index (χ0v) is 32.2. The van der Waals surface area contributed by atoms with Gasteiger partial charge in [0.25, 0.3) is 5.91 Å². The molecule has 2 aliphatic rings. The number of amides is 3. The monoisotopic (exact) mass is 768 g/mol. The number of nitrogens with zero attached hydrogens (tertiary/aromatic N) is 3. The largest absolute Gasteiger partial charge is 0.445 e. The number of aromatic nitrogens is 1. The van der Waals surface area contributed by atoms with E-state index < -0.39 is 24.3 Å². The van der Waals surface area contributed by atoms with Crippen LogP contribution in [0, 0.1) is 5.92 Å². The SMILES string of the molecule is C[C@@H]1[C@H](CN(C)CCc2ccccn2)O[C@H](c2ccc(-c3cccc(CN4C(=O)CC(NC(=O)OCc5ccccc5)C4=O)c3)cc2)O[C@@H]1c1ccc(CO)cc1. The Kier molecular flexibility index (Phi) is 12.8. The van der Waals surface area contributed by atoms with Gasteiger partial charge in [0.15, 0.2) is 6.29 Å². The van der Waals surface area contributed by atoms with Crippen LogP contribution in [-0.2, 0) is 50.0 Å². The van der Waals surface area contributed by atoms with Gasteiger partial charge in [-0.25, -0.2) is 4.79 Å². The van der Waals surface area contributed by atoms with E-state index in [9.17, 15) is 19.5 Å². The Morgan fingerprint density at radius 1 is 0.860 bits per heavy atom. The fourth-order valence-corrected chi connectivity index (χ4v) is 7.31. The zero-order chi connectivity index (χ0) is 39.7. The van der Waals surface area contributed by atoms with Gasteiger partial charge in [0, 0.05) is 42.9 Å². The summed E-state index contributed by atoms with van der Waals surface area (Å²) in [5.41, 5.74) is 7.28. The van der Waals surface area contributed by atoms with Crippen LogP contribution in [0.3, 0.4) is 0 Å². The molecule has 2 saturated heterocycles. The Morgan fingerprint density at radius 2 is 1.60 bits per heavy atom. The van der Waals surface area contributed by atoms with E-state index in [0.29, 0.717) is 6.54 Å². The molecular weight excluding hydrogens is 721 g/mol. The lowest BCUT2D eigenvalue weighted by Gasteiger charge is -2.42. The highest BCUT2D eigenvalue weighted by molar-refractivity contribution is 6.06. The predicted octanol–water partition coefficient (Wildman–Crippen LogP) is 6.76. The number of pyridine rings is 1. The molecule has 5 aromatic rings. The molecule has 0 aliphatic carbocycles. The van der Waals surface area contributed by atoms with Crippen molar-refractivity contribution in [2.24, 2.45) is 5.92 Å². The number of rotatable bonds is 14. The van der Waals surface area contributed by atoms with Crippen molar-refractivity contribution in [1.82, 2.24) is 20.1 Å². The Morgan fingerprint density at radius 3 is 2.33 bits per heavy atom. The zero-order valence-electron chi connectivity index (χ0n) is 32.2. The van der Waals surface area contributed by atoms with Crippen LogP contribution in [0.2, 0.25) is 0 Å². The lowest BCUT2D eigenvalue weighted by Crippen LogP contribution is -2.43. The number of likely N-dealkylation sites (N-methyl/N-ethyl adjacent to an activating group) is 1. The summed E-state index contributed by atoms with van der Waals surface area (Å²) in [5, 5.41) is 12.2. The van der Waals surface area contributed by atoms with E-state index >= 15 is 0 Å². The van der Waals surface area contributed by atoms with E-state index in [2.05, 4.69) is 29.2 Å². The molecule has 2 N–H and O–H groups in total. The Bertz CT molecular complexity index is 2120. The molecule has 3 amide bonds. The average molecular weight is 769 g/mol. The first kappa shape index (κ1) is 39.5. The summed E-state index contributed by atoms with van der Waals surface area (Å²) in [6, 6.07) is 37.9. The number of benzene rings is 4. The third-order valence-electron chi connectivity index (χ3n) is 10.6. The van der Waals surface area contributed by atoms with Gasteiger partial charge in [-0.05, 0) is 58.6 Å². The van der Waals surface area contributed by atoms with E-state index in [1.54, 1.807) is 0 Å². The van der Waals surface area contributed by atoms with Crippen molar-refractivity contribution in [2.75, 3.05) is 20.1 Å². The number of nitrogens with one attached hydrogen (secondary N) is 1. The highest BCUT2D eigenvalue weighted by Gasteiger charge is 2.40. The molecule has 1 unspecified atom stereocenters. The number of hydrogen-bond acceptors (Lipinski definition) is 9. The Balaban J connectivity index is 1.01. The molecule has 0 bridgehead atoms. The number of carbonyl (C=O) groups excluding carboxylic acids is 3. The molecule has 1 aromatic heterocycles. The van der Waals surface area contributed by atoms with Crippen LogP contribution in [0.4, 0.5) is 4.79 Å². The first-order chi connectivity index (χ1) is 27.7. The molecule has 0 spiro atoms. The molecule has 0 radical (unpaired) electrons. The first-order valence-electron chi connectivity index (χ1n) is 19.3. The van der Waals surface area contributed by atoms with Crippen LogP contribution in [0.15, 0.2) is 128 Å². The fraction of sp³-hybridized carbons (Fsp3) is 0.304. The highest BCUT2D eigenvalue weighted by atomic mass is 16.7. The number of carbonyl (C=O) groups is 3. The second-order valence-electron chi connectivity index (χ2n) is 14.8. The fourth-order valence-electron chi connectivity index (χ4n) is 7.31. The summed E-state index contributed by atoms with van der Waals surface area (Å²) < 4.78 is 18.7. The van der Waals surface area contributed by atoms with Gasteiger partial charge in [0.2, 0.25) is 5.91 Å². The van der Waals surface area contributed by atoms with Crippen LogP contribution in [0.25, 0.3) is 11.1 Å². The van der Waals surface area contributed by atoms with Crippen molar-refractivity contribution in [3.8, 4) is 11.1 Å². The van der Waals surface area contributed by atoms with E-state index in [4.69, 9.17) is 14.2 Å². The molecule has 11 heteroatoms. The maximum absolute atomic E-state index is 13.2. The van der Waals surface area contributed by atoms with Crippen molar-refractivity contribution in [3.63, 3.8) is 0 Å². The molecule has 2 fully saturated rings. The quantitative estimate of drug-likeness (QED) is 0.118. The highest BCUT2D eigenvalue weighted by Crippen LogP contribution is 2.42. The lowest BCUT2D eigenvalue weighted by molar-refractivity contribution is -0.275. The van der Waals surface area contributed by atoms with Crippen molar-refractivity contribution in [1.29, 1.82) is 0 Å². The van der Waals surface area contributed by atoms with Gasteiger partial charge in [0.05, 0.1) is 31.8 Å². The topological polar surface area (TPSA) is 131 Å². The summed E-state index contributed by atoms with van der Waals surface area (Å²) in [6.45, 7) is 3.83. The van der Waals surface area contributed by atoms with Crippen molar-refractivity contribution >= 4 is 17.9 Å². The molecule has 294 valence electrons. The second-order valence-corrected chi connectivity index (χ2v) is 14.8. The molecule has 4 aromatic carbocycles. The molecular formula is C46H48N4O7. The number of aliphatic hydroxyl groups is 1. The summed E-state index contributed by atoms with van der Waals surface area (Å²) >= 11 is 0. The van der Waals surface area contributed by atoms with Crippen LogP contribution >= 0.6 is 0 Å². The number of imide groups is 1. The van der Waals surface area contributed by atoms with E-state index in [1.807, 2.05) is 128 Å². The van der Waals surface area contributed by atoms with Gasteiger partial charge in [0.1, 0.15) is 12.6 Å². The summed E-state index contributed by atoms with van der Waals surface area (Å²) in [6.07, 6.45) is 0.824. The van der Waals surface area contributed by atoms with Gasteiger partial charge < -0.3 is 29.5 Å². The van der Waals surface area contributed by atoms with Gasteiger partial charge in [-0.1, -0.05) is 110 Å². The summed E-state index contributed by atoms with van der Waals surface area (Å²) in [5.74, 6) is -0.770. The van der Waals surface area contributed by atoms with Crippen LogP contribution < -0.4 is 5.32 Å². The number of likely N-dealkylation sites (tertiary alicyclic amines) is 1. The standard InChI is InChI=1S/C46H48N4O7/c1-31-41(28-49(2)24-22-39-13-6-7-23-47-39)56-45(57-43(31)36-16-14-32(29-51)15-17-36)37-20-18-35(19-21-37)38-12-8-11-34(25-38)27-50-42(52)26-40(44(50)53)48-46(54)55-30-33-9-4-3-5-10-33/h3-21,23,25,31,40-41,43,45,51H,22,24,26-30H2,1-2H3,(H,48,54)/t31-,40?,41+,43+,45+/m1/s1. The summed E-state index contributed by atoms with van der Waals surface area (Å²) in [7, 11) is 2.10. The van der Waals surface area contributed by atoms with E-state index in [0.717, 1.165) is 57.6 Å². The number of ether oxygens (including phenoxy) is 3. The van der Waals surface area contributed by atoms with Gasteiger partial charge in [-0.15, -0.1) is 0 Å². The predicted molar refractivity (Wildman–Crippen MR) is 214 cm³/mol. The Hall–Kier alpha value is -5.72. The summed E-state index contributed by atoms with van der Waals surface area (Å²) in [4.78, 5) is 46.5. The lowest BCUT2D eigenvalue weighted by atomic mass is 9.90. The molecule has 11 nitrogen and oxygen atoms in total. The number of alkyl carbamates (subject to hydrolysis) is 1. The van der Waals surface area contributed by atoms with Gasteiger partial charge >= 0.3 is 6.09 Å². The molecule has 57 heavy (non-hydrogen) atoms. The smallest absolute Gasteiger partial charge is 0.408 e. The van der Waals surface area contributed by atoms with E-state index in [1.165, 1.54) is 4.90 Å². The van der Waals surface area contributed by atoms with Gasteiger partial charge in [-0.2, -0.15) is 0 Å². The van der Waals surface area contributed by atoms with Crippen LogP contribution in [-0.4, -0.2) is 70.1 Å². The van der Waals surface area contributed by atoms with Gasteiger partial charge in [-0.3, -0.25) is 19.5 Å². The minimum Gasteiger partial charge on any atom is -0.445 e. The molecule has 7 rings (SSSR count). The molecule has 0 saturated carbocycles. The minimum atomic E-state index is -0.977. The van der Waals surface area contributed by atoms with Crippen molar-refractivity contribution < 1.29 is 33.7 Å². The minimum absolute atomic E-state index is 0.0214. The second kappa shape index (κ2) is 18.5. The number of hydrogen-bond donors (Lipinski definition) is 2. The molecule has 5 atom stereocenters. The third kappa shape index (κ3) is 10.00. The number of aliphatic hydroxyl groups excluding tert-OH is 1. The normalized spacial score (nSPS) is 20.8. The maximum atomic E-state index is 13.2. The van der Waals surface area contributed by atoms with Crippen molar-refractivity contribution in [3.05, 3.63) is 161 Å². The Labute approximate surface area is 333 Å². The molecule has 2 aliphatic heterocycles. The maximum Gasteiger partial charge on any atom is 0.408 e. The van der Waals surface area contributed by atoms with Crippen LogP contribution in [0.5, 0.6) is 0 Å². The first-order valence-corrected chi connectivity index (χ1v) is 19.3. The van der Waals surface area contributed by atoms with Crippen LogP contribution in [0.1, 0.15) is 59.2 Å². The van der Waals surface area contributed by atoms with E-state index in [-0.39, 0.29) is 50.2 Å². The average Bonchev–Trinajstić information content (AvgIpc) is 3.50. The third-order valence-corrected chi connectivity index (χ3v) is 10.6.